The van der Waals surface area contributed by atoms with Gasteiger partial charge in [0.05, 0.1) is 5.82 Å². The van der Waals surface area contributed by atoms with E-state index in [1.54, 1.807) is 18.2 Å². The maximum Gasteiger partial charge on any atom is 0.412 e. The Labute approximate surface area is 84.8 Å². The molecule has 0 saturated carbocycles. The number of alkyl halides is 3. The van der Waals surface area contributed by atoms with Crippen molar-refractivity contribution in [1.29, 1.82) is 0 Å². The number of rotatable bonds is 0. The van der Waals surface area contributed by atoms with Gasteiger partial charge < -0.3 is 10.6 Å². The monoisotopic (exact) mass is 214 g/mol. The topological polar surface area (TPSA) is 24.1 Å². The Kier molecular flexibility index (Phi) is 2.10. The molecule has 0 fully saturated rings. The molecule has 1 unspecified atom stereocenters. The largest absolute Gasteiger partial charge is 0.412 e. The molecule has 1 atom stereocenters. The van der Waals surface area contributed by atoms with E-state index in [-0.39, 0.29) is 11.4 Å². The molecule has 0 aromatic heterocycles. The molecule has 2 rings (SSSR count). The van der Waals surface area contributed by atoms with Crippen LogP contribution in [0.4, 0.5) is 18.9 Å². The van der Waals surface area contributed by atoms with Gasteiger partial charge >= 0.3 is 6.18 Å². The van der Waals surface area contributed by atoms with Crippen molar-refractivity contribution in [2.45, 2.75) is 12.2 Å². The minimum absolute atomic E-state index is 0.163. The van der Waals surface area contributed by atoms with Gasteiger partial charge in [-0.05, 0) is 6.07 Å². The molecule has 80 valence electrons. The number of benzene rings is 1. The van der Waals surface area contributed by atoms with Crippen LogP contribution in [-0.4, -0.2) is 6.18 Å². The summed E-state index contributed by atoms with van der Waals surface area (Å²) in [5.41, 5.74) is 0.640. The van der Waals surface area contributed by atoms with Crippen LogP contribution in [-0.2, 0) is 0 Å². The van der Waals surface area contributed by atoms with Crippen LogP contribution in [0.15, 0.2) is 36.7 Å². The lowest BCUT2D eigenvalue weighted by Crippen LogP contribution is -2.39. The van der Waals surface area contributed by atoms with E-state index in [0.29, 0.717) is 5.69 Å². The van der Waals surface area contributed by atoms with Crippen molar-refractivity contribution in [3.8, 4) is 0 Å². The van der Waals surface area contributed by atoms with Crippen molar-refractivity contribution >= 4 is 5.69 Å². The first-order chi connectivity index (χ1) is 6.98. The third kappa shape index (κ3) is 1.77. The molecule has 15 heavy (non-hydrogen) atoms. The molecule has 0 spiro atoms. The zero-order valence-corrected chi connectivity index (χ0v) is 7.73. The summed E-state index contributed by atoms with van der Waals surface area (Å²) in [6, 6.07) is 4.62. The molecular weight excluding hydrogens is 205 g/mol. The zero-order chi connectivity index (χ0) is 11.1. The number of anilines is 1. The van der Waals surface area contributed by atoms with Crippen molar-refractivity contribution in [1.82, 2.24) is 5.32 Å². The lowest BCUT2D eigenvalue weighted by Gasteiger charge is -2.31. The maximum atomic E-state index is 12.7. The van der Waals surface area contributed by atoms with Gasteiger partial charge in [0.15, 0.2) is 6.04 Å². The molecule has 0 amide bonds. The molecular formula is C10H9F3N2. The zero-order valence-electron chi connectivity index (χ0n) is 7.73. The summed E-state index contributed by atoms with van der Waals surface area (Å²) in [4.78, 5) is 0. The first-order valence-electron chi connectivity index (χ1n) is 4.36. The van der Waals surface area contributed by atoms with Crippen molar-refractivity contribution in [2.24, 2.45) is 0 Å². The van der Waals surface area contributed by atoms with Gasteiger partial charge in [-0.3, -0.25) is 0 Å². The Balaban J connectivity index is 2.47. The van der Waals surface area contributed by atoms with Crippen LogP contribution >= 0.6 is 0 Å². The lowest BCUT2D eigenvalue weighted by atomic mass is 10.0. The standard InChI is InChI=1S/C10H9F3N2/c1-6-14-8-5-3-2-4-7(8)9(15-6)10(11,12)13/h2-5,9,14-15H,1H2. The van der Waals surface area contributed by atoms with Gasteiger partial charge in [-0.15, -0.1) is 0 Å². The van der Waals surface area contributed by atoms with E-state index < -0.39 is 12.2 Å². The van der Waals surface area contributed by atoms with Crippen LogP contribution < -0.4 is 10.6 Å². The first-order valence-corrected chi connectivity index (χ1v) is 4.36. The van der Waals surface area contributed by atoms with E-state index in [0.717, 1.165) is 0 Å². The van der Waals surface area contributed by atoms with Gasteiger partial charge in [-0.2, -0.15) is 13.2 Å². The van der Waals surface area contributed by atoms with E-state index in [2.05, 4.69) is 17.2 Å². The lowest BCUT2D eigenvalue weighted by molar-refractivity contribution is -0.156. The van der Waals surface area contributed by atoms with Gasteiger partial charge in [-0.25, -0.2) is 0 Å². The average molecular weight is 214 g/mol. The molecule has 2 N–H and O–H groups in total. The number of halogens is 3. The Morgan fingerprint density at radius 3 is 2.53 bits per heavy atom. The highest BCUT2D eigenvalue weighted by Crippen LogP contribution is 2.39. The Morgan fingerprint density at radius 2 is 1.87 bits per heavy atom. The summed E-state index contributed by atoms with van der Waals surface area (Å²) in [6.07, 6.45) is -4.32. The van der Waals surface area contributed by atoms with Crippen LogP contribution in [0.5, 0.6) is 0 Å². The van der Waals surface area contributed by atoms with Gasteiger partial charge in [0.25, 0.3) is 0 Å². The third-order valence-electron chi connectivity index (χ3n) is 2.20. The summed E-state index contributed by atoms with van der Waals surface area (Å²) in [5, 5.41) is 5.04. The summed E-state index contributed by atoms with van der Waals surface area (Å²) in [6.45, 7) is 3.45. The Morgan fingerprint density at radius 1 is 1.20 bits per heavy atom. The van der Waals surface area contributed by atoms with Crippen LogP contribution in [0.2, 0.25) is 0 Å². The second-order valence-electron chi connectivity index (χ2n) is 3.31. The molecule has 1 heterocycles. The Bertz CT molecular complexity index is 398. The van der Waals surface area contributed by atoms with Crippen LogP contribution in [0.1, 0.15) is 11.6 Å². The highest BCUT2D eigenvalue weighted by atomic mass is 19.4. The molecule has 1 aromatic carbocycles. The van der Waals surface area contributed by atoms with Crippen molar-refractivity contribution in [3.05, 3.63) is 42.2 Å². The Hall–Kier alpha value is -1.65. The quantitative estimate of drug-likeness (QED) is 0.693. The summed E-state index contributed by atoms with van der Waals surface area (Å²) in [7, 11) is 0. The minimum Gasteiger partial charge on any atom is -0.357 e. The molecule has 1 aliphatic heterocycles. The molecule has 5 heteroatoms. The fraction of sp³-hybridized carbons (Fsp3) is 0.200. The third-order valence-corrected chi connectivity index (χ3v) is 2.20. The molecule has 0 bridgehead atoms. The number of hydrogen-bond acceptors (Lipinski definition) is 2. The molecule has 0 aliphatic carbocycles. The number of fused-ring (bicyclic) bond motifs is 1. The molecule has 0 radical (unpaired) electrons. The maximum absolute atomic E-state index is 12.7. The van der Waals surface area contributed by atoms with Crippen LogP contribution in [0, 0.1) is 0 Å². The van der Waals surface area contributed by atoms with E-state index in [4.69, 9.17) is 0 Å². The summed E-state index contributed by atoms with van der Waals surface area (Å²) >= 11 is 0. The van der Waals surface area contributed by atoms with Crippen molar-refractivity contribution in [3.63, 3.8) is 0 Å². The first kappa shape index (κ1) is 9.89. The summed E-state index contributed by atoms with van der Waals surface area (Å²) in [5.74, 6) is 0.163. The van der Waals surface area contributed by atoms with Crippen molar-refractivity contribution < 1.29 is 13.2 Å². The van der Waals surface area contributed by atoms with E-state index in [9.17, 15) is 13.2 Å². The molecule has 1 aliphatic rings. The second-order valence-corrected chi connectivity index (χ2v) is 3.31. The van der Waals surface area contributed by atoms with Gasteiger partial charge in [0.1, 0.15) is 0 Å². The average Bonchev–Trinajstić information content (AvgIpc) is 2.15. The second kappa shape index (κ2) is 3.18. The number of hydrogen-bond donors (Lipinski definition) is 2. The fourth-order valence-electron chi connectivity index (χ4n) is 1.57. The number of nitrogens with one attached hydrogen (secondary N) is 2. The van der Waals surface area contributed by atoms with Gasteiger partial charge in [-0.1, -0.05) is 24.8 Å². The van der Waals surface area contributed by atoms with Crippen molar-refractivity contribution in [2.75, 3.05) is 5.32 Å². The molecule has 2 nitrogen and oxygen atoms in total. The molecule has 0 saturated heterocycles. The fourth-order valence-corrected chi connectivity index (χ4v) is 1.57. The highest BCUT2D eigenvalue weighted by Gasteiger charge is 2.43. The van der Waals surface area contributed by atoms with Crippen LogP contribution in [0.25, 0.3) is 0 Å². The smallest absolute Gasteiger partial charge is 0.357 e. The minimum atomic E-state index is -4.32. The van der Waals surface area contributed by atoms with Gasteiger partial charge in [0.2, 0.25) is 0 Å². The molecule has 1 aromatic rings. The van der Waals surface area contributed by atoms with Crippen LogP contribution in [0.3, 0.4) is 0 Å². The van der Waals surface area contributed by atoms with E-state index >= 15 is 0 Å². The predicted molar refractivity (Wildman–Crippen MR) is 51.1 cm³/mol. The SMILES string of the molecule is C=C1Nc2ccccc2C(C(F)(F)F)N1. The number of para-hydroxylation sites is 1. The predicted octanol–water partition coefficient (Wildman–Crippen LogP) is 2.78. The van der Waals surface area contributed by atoms with Gasteiger partial charge in [0, 0.05) is 11.3 Å². The highest BCUT2D eigenvalue weighted by molar-refractivity contribution is 5.58. The van der Waals surface area contributed by atoms with E-state index in [1.807, 2.05) is 0 Å². The summed E-state index contributed by atoms with van der Waals surface area (Å²) < 4.78 is 38.0. The normalized spacial score (nSPS) is 20.2. The van der Waals surface area contributed by atoms with E-state index in [1.165, 1.54) is 6.07 Å².